The number of benzene rings is 1. The number of nitrogens with zero attached hydrogens (tertiary/aromatic N) is 3. The van der Waals surface area contributed by atoms with E-state index in [1.165, 1.54) is 0 Å². The molecule has 0 bridgehead atoms. The maximum atomic E-state index is 12.4. The topological polar surface area (TPSA) is 43.9 Å². The van der Waals surface area contributed by atoms with Gasteiger partial charge in [-0.05, 0) is 31.0 Å². The number of amides is 3. The highest BCUT2D eigenvalue weighted by atomic mass is 35.5. The number of urea groups is 1. The Kier molecular flexibility index (Phi) is 4.01. The fourth-order valence-electron chi connectivity index (χ4n) is 2.84. The minimum atomic E-state index is -0.121. The first-order chi connectivity index (χ1) is 10.1. The monoisotopic (exact) mass is 307 g/mol. The maximum Gasteiger partial charge on any atom is 0.325 e. The molecular weight excluding hydrogens is 290 g/mol. The lowest BCUT2D eigenvalue weighted by molar-refractivity contribution is -0.130. The van der Waals surface area contributed by atoms with Gasteiger partial charge in [0, 0.05) is 36.9 Å². The molecule has 0 saturated carbocycles. The van der Waals surface area contributed by atoms with Crippen LogP contribution in [0.1, 0.15) is 12.8 Å². The Bertz CT molecular complexity index is 558. The summed E-state index contributed by atoms with van der Waals surface area (Å²) in [5.74, 6) is 0.0498. The normalized spacial score (nSPS) is 18.7. The van der Waals surface area contributed by atoms with Crippen molar-refractivity contribution < 1.29 is 9.59 Å². The maximum absolute atomic E-state index is 12.4. The number of anilines is 1. The van der Waals surface area contributed by atoms with Crippen LogP contribution in [0.15, 0.2) is 24.3 Å². The van der Waals surface area contributed by atoms with Crippen LogP contribution in [0.2, 0.25) is 5.02 Å². The number of carbonyl (C=O) groups is 2. The molecule has 0 N–H and O–H groups in total. The van der Waals surface area contributed by atoms with Gasteiger partial charge in [0.2, 0.25) is 5.91 Å². The lowest BCUT2D eigenvalue weighted by Gasteiger charge is -2.21. The summed E-state index contributed by atoms with van der Waals surface area (Å²) in [5.41, 5.74) is 0.781. The molecule has 21 heavy (non-hydrogen) atoms. The Labute approximate surface area is 129 Å². The second kappa shape index (κ2) is 5.93. The van der Waals surface area contributed by atoms with Crippen molar-refractivity contribution in [2.45, 2.75) is 12.8 Å². The van der Waals surface area contributed by atoms with E-state index in [2.05, 4.69) is 0 Å². The molecule has 0 aliphatic carbocycles. The standard InChI is InChI=1S/C15H18ClN3O2/c16-12-4-3-5-13(10-12)19-9-8-18(15(19)21)11-14(20)17-6-1-2-7-17/h3-5,10H,1-2,6-9,11H2. The lowest BCUT2D eigenvalue weighted by atomic mass is 10.3. The number of likely N-dealkylation sites (tertiary alicyclic amines) is 1. The fourth-order valence-corrected chi connectivity index (χ4v) is 3.03. The van der Waals surface area contributed by atoms with Crippen molar-refractivity contribution in [1.82, 2.24) is 9.80 Å². The van der Waals surface area contributed by atoms with Gasteiger partial charge in [0.05, 0.1) is 0 Å². The third-order valence-electron chi connectivity index (χ3n) is 4.00. The van der Waals surface area contributed by atoms with E-state index in [0.29, 0.717) is 18.1 Å². The summed E-state index contributed by atoms with van der Waals surface area (Å²) in [5, 5.41) is 0.604. The quantitative estimate of drug-likeness (QED) is 0.859. The second-order valence-corrected chi connectivity index (χ2v) is 5.86. The van der Waals surface area contributed by atoms with Crippen LogP contribution in [0.5, 0.6) is 0 Å². The van der Waals surface area contributed by atoms with E-state index >= 15 is 0 Å². The Morgan fingerprint density at radius 3 is 2.62 bits per heavy atom. The summed E-state index contributed by atoms with van der Waals surface area (Å²) in [6, 6.07) is 7.11. The highest BCUT2D eigenvalue weighted by Crippen LogP contribution is 2.23. The molecule has 2 saturated heterocycles. The first kappa shape index (κ1) is 14.2. The van der Waals surface area contributed by atoms with Gasteiger partial charge in [0.1, 0.15) is 6.54 Å². The molecule has 0 aromatic heterocycles. The molecule has 2 aliphatic rings. The summed E-state index contributed by atoms with van der Waals surface area (Å²) in [4.78, 5) is 29.7. The molecule has 3 rings (SSSR count). The molecule has 1 aromatic carbocycles. The molecule has 6 heteroatoms. The van der Waals surface area contributed by atoms with E-state index in [9.17, 15) is 9.59 Å². The summed E-state index contributed by atoms with van der Waals surface area (Å²) in [6.07, 6.45) is 2.13. The molecule has 1 aromatic rings. The first-order valence-corrected chi connectivity index (χ1v) is 7.63. The van der Waals surface area contributed by atoms with Crippen molar-refractivity contribution in [1.29, 1.82) is 0 Å². The number of carbonyl (C=O) groups excluding carboxylic acids is 2. The largest absolute Gasteiger partial charge is 0.341 e. The van der Waals surface area contributed by atoms with Gasteiger partial charge in [0.15, 0.2) is 0 Å². The molecule has 112 valence electrons. The van der Waals surface area contributed by atoms with Gasteiger partial charge in [-0.25, -0.2) is 4.79 Å². The van der Waals surface area contributed by atoms with Gasteiger partial charge in [-0.2, -0.15) is 0 Å². The third-order valence-corrected chi connectivity index (χ3v) is 4.23. The molecule has 0 unspecified atom stereocenters. The summed E-state index contributed by atoms with van der Waals surface area (Å²) < 4.78 is 0. The van der Waals surface area contributed by atoms with Crippen LogP contribution >= 0.6 is 11.6 Å². The number of hydrogen-bond donors (Lipinski definition) is 0. The molecule has 0 atom stereocenters. The average Bonchev–Trinajstić information content (AvgIpc) is 3.10. The second-order valence-electron chi connectivity index (χ2n) is 5.42. The predicted molar refractivity (Wildman–Crippen MR) is 81.6 cm³/mol. The van der Waals surface area contributed by atoms with Crippen molar-refractivity contribution in [3.05, 3.63) is 29.3 Å². The van der Waals surface area contributed by atoms with Gasteiger partial charge in [-0.3, -0.25) is 9.69 Å². The van der Waals surface area contributed by atoms with Crippen LogP contribution in [0.3, 0.4) is 0 Å². The van der Waals surface area contributed by atoms with Gasteiger partial charge in [-0.1, -0.05) is 17.7 Å². The Morgan fingerprint density at radius 1 is 1.14 bits per heavy atom. The van der Waals surface area contributed by atoms with E-state index in [4.69, 9.17) is 11.6 Å². The summed E-state index contributed by atoms with van der Waals surface area (Å²) in [7, 11) is 0. The molecular formula is C15H18ClN3O2. The average molecular weight is 308 g/mol. The minimum Gasteiger partial charge on any atom is -0.341 e. The highest BCUT2D eigenvalue weighted by molar-refractivity contribution is 6.30. The lowest BCUT2D eigenvalue weighted by Crippen LogP contribution is -2.41. The van der Waals surface area contributed by atoms with Crippen molar-refractivity contribution in [3.8, 4) is 0 Å². The van der Waals surface area contributed by atoms with Crippen molar-refractivity contribution in [3.63, 3.8) is 0 Å². The van der Waals surface area contributed by atoms with Crippen LogP contribution in [-0.2, 0) is 4.79 Å². The zero-order chi connectivity index (χ0) is 14.8. The molecule has 0 radical (unpaired) electrons. The van der Waals surface area contributed by atoms with Crippen LogP contribution in [0.4, 0.5) is 10.5 Å². The van der Waals surface area contributed by atoms with Crippen LogP contribution < -0.4 is 4.90 Å². The summed E-state index contributed by atoms with van der Waals surface area (Å²) in [6.45, 7) is 2.98. The molecule has 2 heterocycles. The van der Waals surface area contributed by atoms with Gasteiger partial charge < -0.3 is 9.80 Å². The minimum absolute atomic E-state index is 0.0498. The summed E-state index contributed by atoms with van der Waals surface area (Å²) >= 11 is 5.97. The number of hydrogen-bond acceptors (Lipinski definition) is 2. The van der Waals surface area contributed by atoms with E-state index in [1.54, 1.807) is 21.9 Å². The Hall–Kier alpha value is -1.75. The third kappa shape index (κ3) is 2.97. The van der Waals surface area contributed by atoms with Gasteiger partial charge >= 0.3 is 6.03 Å². The van der Waals surface area contributed by atoms with E-state index in [-0.39, 0.29) is 18.5 Å². The molecule has 0 spiro atoms. The highest BCUT2D eigenvalue weighted by Gasteiger charge is 2.32. The van der Waals surface area contributed by atoms with Crippen LogP contribution in [-0.4, -0.2) is 54.5 Å². The van der Waals surface area contributed by atoms with Crippen molar-refractivity contribution >= 4 is 29.2 Å². The molecule has 2 aliphatic heterocycles. The predicted octanol–water partition coefficient (Wildman–Crippen LogP) is 2.20. The van der Waals surface area contributed by atoms with Crippen LogP contribution in [0, 0.1) is 0 Å². The van der Waals surface area contributed by atoms with Gasteiger partial charge in [-0.15, -0.1) is 0 Å². The van der Waals surface area contributed by atoms with Crippen LogP contribution in [0.25, 0.3) is 0 Å². The van der Waals surface area contributed by atoms with Crippen molar-refractivity contribution in [2.75, 3.05) is 37.6 Å². The molecule has 2 fully saturated rings. The van der Waals surface area contributed by atoms with Crippen molar-refractivity contribution in [2.24, 2.45) is 0 Å². The molecule has 3 amide bonds. The smallest absolute Gasteiger partial charge is 0.325 e. The van der Waals surface area contributed by atoms with E-state index in [0.717, 1.165) is 31.6 Å². The zero-order valence-electron chi connectivity index (χ0n) is 11.8. The van der Waals surface area contributed by atoms with E-state index in [1.807, 2.05) is 17.0 Å². The zero-order valence-corrected chi connectivity index (χ0v) is 12.6. The number of halogens is 1. The van der Waals surface area contributed by atoms with Gasteiger partial charge in [0.25, 0.3) is 0 Å². The number of rotatable bonds is 3. The SMILES string of the molecule is O=C(CN1CCN(c2cccc(Cl)c2)C1=O)N1CCCC1. The fraction of sp³-hybridized carbons (Fsp3) is 0.467. The Morgan fingerprint density at radius 2 is 1.90 bits per heavy atom. The first-order valence-electron chi connectivity index (χ1n) is 7.25. The Balaban J connectivity index is 1.64. The van der Waals surface area contributed by atoms with E-state index < -0.39 is 0 Å². The molecule has 5 nitrogen and oxygen atoms in total.